The highest BCUT2D eigenvalue weighted by atomic mass is 35.5. The first-order valence-corrected chi connectivity index (χ1v) is 6.45. The molecule has 5 heteroatoms. The number of nitrogen functional groups attached to an aromatic ring is 1. The fraction of sp³-hybridized carbons (Fsp3) is 0.188. The lowest BCUT2D eigenvalue weighted by Crippen LogP contribution is -2.15. The highest BCUT2D eigenvalue weighted by molar-refractivity contribution is 5.96. The molecule has 0 aliphatic carbocycles. The van der Waals surface area contributed by atoms with E-state index in [-0.39, 0.29) is 18.2 Å². The van der Waals surface area contributed by atoms with Gasteiger partial charge in [-0.25, -0.2) is 0 Å². The minimum atomic E-state index is 0. The summed E-state index contributed by atoms with van der Waals surface area (Å²) in [5.41, 5.74) is 7.16. The molecule has 0 bridgehead atoms. The normalized spacial score (nSPS) is 9.71. The van der Waals surface area contributed by atoms with Gasteiger partial charge in [0.15, 0.2) is 0 Å². The highest BCUT2D eigenvalue weighted by Gasteiger charge is 2.04. The van der Waals surface area contributed by atoms with Crippen LogP contribution in [0, 0.1) is 5.41 Å². The van der Waals surface area contributed by atoms with Crippen LogP contribution < -0.4 is 10.5 Å². The van der Waals surface area contributed by atoms with Crippen LogP contribution >= 0.6 is 12.4 Å². The summed E-state index contributed by atoms with van der Waals surface area (Å²) >= 11 is 0. The predicted octanol–water partition coefficient (Wildman–Crippen LogP) is 2.99. The number of nitrogens with one attached hydrogen (secondary N) is 1. The van der Waals surface area contributed by atoms with Crippen LogP contribution in [0.15, 0.2) is 54.6 Å². The van der Waals surface area contributed by atoms with E-state index in [9.17, 15) is 0 Å². The minimum Gasteiger partial charge on any atom is -0.491 e. The number of hydrogen-bond acceptors (Lipinski definition) is 3. The van der Waals surface area contributed by atoms with Gasteiger partial charge in [-0.1, -0.05) is 42.5 Å². The fourth-order valence-electron chi connectivity index (χ4n) is 1.83. The molecule has 2 aromatic rings. The molecule has 0 saturated heterocycles. The zero-order valence-electron chi connectivity index (χ0n) is 11.6. The van der Waals surface area contributed by atoms with Crippen LogP contribution in [0.5, 0.6) is 5.75 Å². The number of hydrogen-bond donors (Lipinski definition) is 2. The van der Waals surface area contributed by atoms with Crippen LogP contribution in [-0.2, 0) is 11.3 Å². The smallest absolute Gasteiger partial charge is 0.123 e. The lowest BCUT2D eigenvalue weighted by molar-refractivity contribution is 0.0888. The zero-order chi connectivity index (χ0) is 14.2. The van der Waals surface area contributed by atoms with Gasteiger partial charge in [0.1, 0.15) is 18.2 Å². The Bertz CT molecular complexity index is 561. The summed E-state index contributed by atoms with van der Waals surface area (Å²) < 4.78 is 11.1. The molecule has 3 N–H and O–H groups in total. The van der Waals surface area contributed by atoms with Crippen molar-refractivity contribution < 1.29 is 9.47 Å². The number of benzene rings is 2. The van der Waals surface area contributed by atoms with Gasteiger partial charge in [-0.3, -0.25) is 5.41 Å². The van der Waals surface area contributed by atoms with Crippen molar-refractivity contribution in [3.63, 3.8) is 0 Å². The van der Waals surface area contributed by atoms with Gasteiger partial charge in [-0.05, 0) is 17.7 Å². The van der Waals surface area contributed by atoms with Gasteiger partial charge in [0.25, 0.3) is 0 Å². The molecular weight excluding hydrogens is 288 g/mol. The highest BCUT2D eigenvalue weighted by Crippen LogP contribution is 2.10. The number of rotatable bonds is 7. The Hall–Kier alpha value is -2.04. The third-order valence-corrected chi connectivity index (χ3v) is 2.80. The maximum Gasteiger partial charge on any atom is 0.123 e. The quantitative estimate of drug-likeness (QED) is 0.469. The molecule has 0 aliphatic heterocycles. The second kappa shape index (κ2) is 9.00. The maximum atomic E-state index is 7.50. The number of para-hydroxylation sites is 1. The molecule has 0 aliphatic rings. The summed E-state index contributed by atoms with van der Waals surface area (Å²) in [4.78, 5) is 0. The zero-order valence-corrected chi connectivity index (χ0v) is 12.4. The topological polar surface area (TPSA) is 68.3 Å². The summed E-state index contributed by atoms with van der Waals surface area (Å²) in [6, 6.07) is 17.1. The molecule has 2 aromatic carbocycles. The second-order valence-electron chi connectivity index (χ2n) is 4.28. The number of ether oxygens (including phenoxy) is 2. The monoisotopic (exact) mass is 306 g/mol. The van der Waals surface area contributed by atoms with E-state index in [2.05, 4.69) is 0 Å². The first kappa shape index (κ1) is 17.0. The molecule has 21 heavy (non-hydrogen) atoms. The van der Waals surface area contributed by atoms with Crippen molar-refractivity contribution in [1.82, 2.24) is 0 Å². The minimum absolute atomic E-state index is 0. The first-order chi connectivity index (χ1) is 9.77. The summed E-state index contributed by atoms with van der Waals surface area (Å²) in [6.45, 7) is 1.40. The van der Waals surface area contributed by atoms with E-state index in [1.54, 1.807) is 0 Å². The first-order valence-electron chi connectivity index (χ1n) is 6.45. The molecule has 2 rings (SSSR count). The Balaban J connectivity index is 0.00000220. The maximum absolute atomic E-state index is 7.50. The number of halogens is 1. The summed E-state index contributed by atoms with van der Waals surface area (Å²) in [5, 5.41) is 7.50. The molecule has 0 amide bonds. The van der Waals surface area contributed by atoms with Gasteiger partial charge in [0.05, 0.1) is 13.2 Å². The summed E-state index contributed by atoms with van der Waals surface area (Å²) in [7, 11) is 0. The van der Waals surface area contributed by atoms with E-state index in [4.69, 9.17) is 20.6 Å². The Morgan fingerprint density at radius 2 is 1.62 bits per heavy atom. The molecule has 0 fully saturated rings. The van der Waals surface area contributed by atoms with Gasteiger partial charge < -0.3 is 15.2 Å². The molecule has 0 heterocycles. The van der Waals surface area contributed by atoms with Crippen molar-refractivity contribution in [1.29, 1.82) is 5.41 Å². The van der Waals surface area contributed by atoms with E-state index in [0.717, 1.165) is 16.9 Å². The van der Waals surface area contributed by atoms with Crippen LogP contribution in [0.3, 0.4) is 0 Å². The van der Waals surface area contributed by atoms with Crippen molar-refractivity contribution in [2.24, 2.45) is 5.73 Å². The average molecular weight is 307 g/mol. The van der Waals surface area contributed by atoms with Crippen molar-refractivity contribution in [3.05, 3.63) is 65.7 Å². The largest absolute Gasteiger partial charge is 0.491 e. The molecule has 0 aromatic heterocycles. The Kier molecular flexibility index (Phi) is 7.29. The molecule has 112 valence electrons. The number of nitrogens with two attached hydrogens (primary N) is 1. The molecular formula is C16H19ClN2O2. The van der Waals surface area contributed by atoms with E-state index in [1.807, 2.05) is 54.6 Å². The Labute approximate surface area is 130 Å². The predicted molar refractivity (Wildman–Crippen MR) is 86.3 cm³/mol. The lowest BCUT2D eigenvalue weighted by Gasteiger charge is -2.09. The van der Waals surface area contributed by atoms with Crippen LogP contribution in [0.4, 0.5) is 0 Å². The standard InChI is InChI=1S/C16H18N2O2.ClH/c17-16(18)15-9-5-4-6-13(15)12-19-10-11-20-14-7-2-1-3-8-14;/h1-9H,10-12H2,(H3,17,18);1H. The van der Waals surface area contributed by atoms with Crippen LogP contribution in [0.25, 0.3) is 0 Å². The molecule has 0 radical (unpaired) electrons. The Morgan fingerprint density at radius 3 is 2.33 bits per heavy atom. The molecule has 0 unspecified atom stereocenters. The average Bonchev–Trinajstić information content (AvgIpc) is 2.48. The van der Waals surface area contributed by atoms with Crippen molar-refractivity contribution in [2.75, 3.05) is 13.2 Å². The van der Waals surface area contributed by atoms with Crippen molar-refractivity contribution in [3.8, 4) is 5.75 Å². The van der Waals surface area contributed by atoms with Gasteiger partial charge >= 0.3 is 0 Å². The van der Waals surface area contributed by atoms with Crippen molar-refractivity contribution in [2.45, 2.75) is 6.61 Å². The molecule has 0 atom stereocenters. The summed E-state index contributed by atoms with van der Waals surface area (Å²) in [5.74, 6) is 0.893. The summed E-state index contributed by atoms with van der Waals surface area (Å²) in [6.07, 6.45) is 0. The van der Waals surface area contributed by atoms with Crippen LogP contribution in [0.1, 0.15) is 11.1 Å². The lowest BCUT2D eigenvalue weighted by atomic mass is 10.1. The van der Waals surface area contributed by atoms with E-state index < -0.39 is 0 Å². The van der Waals surface area contributed by atoms with Crippen LogP contribution in [-0.4, -0.2) is 19.0 Å². The van der Waals surface area contributed by atoms with E-state index in [1.165, 1.54) is 0 Å². The molecule has 0 saturated carbocycles. The SMILES string of the molecule is Cl.N=C(N)c1ccccc1COCCOc1ccccc1. The second-order valence-corrected chi connectivity index (χ2v) is 4.28. The third kappa shape index (κ3) is 5.45. The Morgan fingerprint density at radius 1 is 0.952 bits per heavy atom. The fourth-order valence-corrected chi connectivity index (χ4v) is 1.83. The van der Waals surface area contributed by atoms with Crippen molar-refractivity contribution >= 4 is 18.2 Å². The van der Waals surface area contributed by atoms with Gasteiger partial charge in [-0.2, -0.15) is 0 Å². The molecule has 0 spiro atoms. The third-order valence-electron chi connectivity index (χ3n) is 2.80. The molecule has 4 nitrogen and oxygen atoms in total. The van der Waals surface area contributed by atoms with Gasteiger partial charge in [-0.15, -0.1) is 12.4 Å². The van der Waals surface area contributed by atoms with E-state index >= 15 is 0 Å². The number of amidine groups is 1. The van der Waals surface area contributed by atoms with Crippen LogP contribution in [0.2, 0.25) is 0 Å². The van der Waals surface area contributed by atoms with Gasteiger partial charge in [0.2, 0.25) is 0 Å². The van der Waals surface area contributed by atoms with E-state index in [0.29, 0.717) is 19.8 Å². The van der Waals surface area contributed by atoms with Gasteiger partial charge in [0, 0.05) is 5.56 Å².